The minimum Gasteiger partial charge on any atom is -0.264 e. The Morgan fingerprint density at radius 2 is 2.07 bits per heavy atom. The summed E-state index contributed by atoms with van der Waals surface area (Å²) in [6.07, 6.45) is -1.33. The lowest BCUT2D eigenvalue weighted by atomic mass is 10.1. The maximum atomic E-state index is 12.3. The van der Waals surface area contributed by atoms with Crippen LogP contribution in [0.3, 0.4) is 0 Å². The molecular weight excluding hydrogens is 211 g/mol. The van der Waals surface area contributed by atoms with E-state index < -0.39 is 22.7 Å². The van der Waals surface area contributed by atoms with Gasteiger partial charge in [-0.15, -0.1) is 0 Å². The van der Waals surface area contributed by atoms with Gasteiger partial charge in [-0.05, 0) is 6.42 Å². The highest BCUT2D eigenvalue weighted by atomic mass is 19.4. The standard InChI is InChI=1S/C9H12F3NO2/c1-3-4-5-8(9(10,11)12)6-7(2)13(14)15/h4-7H,3H2,1-2H3/b5-4-,8-6+. The summed E-state index contributed by atoms with van der Waals surface area (Å²) < 4.78 is 37.0. The second-order valence-corrected chi connectivity index (χ2v) is 2.96. The van der Waals surface area contributed by atoms with E-state index in [2.05, 4.69) is 0 Å². The molecule has 86 valence electrons. The van der Waals surface area contributed by atoms with Crippen molar-refractivity contribution in [3.8, 4) is 0 Å². The van der Waals surface area contributed by atoms with E-state index in [1.807, 2.05) is 0 Å². The second kappa shape index (κ2) is 5.53. The minimum atomic E-state index is -4.55. The number of alkyl halides is 3. The van der Waals surface area contributed by atoms with Gasteiger partial charge in [-0.1, -0.05) is 19.1 Å². The average molecular weight is 223 g/mol. The van der Waals surface area contributed by atoms with Gasteiger partial charge in [-0.25, -0.2) is 0 Å². The number of allylic oxidation sites excluding steroid dienone is 3. The zero-order valence-electron chi connectivity index (χ0n) is 8.41. The van der Waals surface area contributed by atoms with E-state index in [9.17, 15) is 23.3 Å². The Hall–Kier alpha value is -1.33. The van der Waals surface area contributed by atoms with Crippen molar-refractivity contribution in [2.45, 2.75) is 32.5 Å². The van der Waals surface area contributed by atoms with E-state index >= 15 is 0 Å². The van der Waals surface area contributed by atoms with E-state index in [1.54, 1.807) is 6.92 Å². The Bertz CT molecular complexity index is 282. The molecule has 0 rings (SSSR count). The number of nitro groups is 1. The zero-order valence-corrected chi connectivity index (χ0v) is 8.41. The first-order chi connectivity index (χ1) is 6.79. The second-order valence-electron chi connectivity index (χ2n) is 2.96. The molecule has 0 aromatic carbocycles. The van der Waals surface area contributed by atoms with Crippen LogP contribution < -0.4 is 0 Å². The van der Waals surface area contributed by atoms with Crippen molar-refractivity contribution >= 4 is 0 Å². The summed E-state index contributed by atoms with van der Waals surface area (Å²) in [6, 6.07) is -1.34. The van der Waals surface area contributed by atoms with Crippen LogP contribution in [0.4, 0.5) is 13.2 Å². The summed E-state index contributed by atoms with van der Waals surface area (Å²) >= 11 is 0. The van der Waals surface area contributed by atoms with Gasteiger partial charge < -0.3 is 0 Å². The monoisotopic (exact) mass is 223 g/mol. The molecule has 3 nitrogen and oxygen atoms in total. The molecule has 0 aliphatic heterocycles. The number of halogens is 3. The smallest absolute Gasteiger partial charge is 0.264 e. The van der Waals surface area contributed by atoms with Crippen molar-refractivity contribution in [3.05, 3.63) is 33.9 Å². The molecule has 0 aromatic rings. The Morgan fingerprint density at radius 1 is 1.53 bits per heavy atom. The highest BCUT2D eigenvalue weighted by Crippen LogP contribution is 2.27. The van der Waals surface area contributed by atoms with Gasteiger partial charge in [0.2, 0.25) is 6.04 Å². The molecule has 0 aromatic heterocycles. The molecule has 0 bridgehead atoms. The third-order valence-corrected chi connectivity index (χ3v) is 1.61. The molecule has 6 heteroatoms. The van der Waals surface area contributed by atoms with Crippen LogP contribution in [0, 0.1) is 10.1 Å². The highest BCUT2D eigenvalue weighted by Gasteiger charge is 2.33. The summed E-state index contributed by atoms with van der Waals surface area (Å²) in [5.41, 5.74) is -0.978. The molecule has 0 aliphatic rings. The van der Waals surface area contributed by atoms with Crippen molar-refractivity contribution < 1.29 is 18.1 Å². The van der Waals surface area contributed by atoms with Gasteiger partial charge in [0.1, 0.15) is 0 Å². The molecule has 0 saturated heterocycles. The summed E-state index contributed by atoms with van der Waals surface area (Å²) in [5, 5.41) is 10.2. The van der Waals surface area contributed by atoms with Crippen LogP contribution in [-0.4, -0.2) is 17.1 Å². The molecule has 0 amide bonds. The Labute approximate surface area is 85.4 Å². The van der Waals surface area contributed by atoms with Crippen LogP contribution in [0.15, 0.2) is 23.8 Å². The third kappa shape index (κ3) is 5.19. The fourth-order valence-corrected chi connectivity index (χ4v) is 0.810. The van der Waals surface area contributed by atoms with Crippen LogP contribution in [0.1, 0.15) is 20.3 Å². The van der Waals surface area contributed by atoms with Gasteiger partial charge in [0.15, 0.2) is 0 Å². The molecule has 0 saturated carbocycles. The first-order valence-corrected chi connectivity index (χ1v) is 4.38. The average Bonchev–Trinajstić information content (AvgIpc) is 2.09. The first kappa shape index (κ1) is 13.7. The van der Waals surface area contributed by atoms with Crippen molar-refractivity contribution in [2.24, 2.45) is 0 Å². The normalized spacial score (nSPS) is 15.7. The lowest BCUT2D eigenvalue weighted by Crippen LogP contribution is -2.17. The van der Waals surface area contributed by atoms with E-state index in [-0.39, 0.29) is 0 Å². The molecule has 0 spiro atoms. The summed E-state index contributed by atoms with van der Waals surface area (Å²) in [4.78, 5) is 9.43. The van der Waals surface area contributed by atoms with Gasteiger partial charge in [-0.3, -0.25) is 10.1 Å². The van der Waals surface area contributed by atoms with Crippen LogP contribution in [0.2, 0.25) is 0 Å². The lowest BCUT2D eigenvalue weighted by Gasteiger charge is -2.08. The Balaban J connectivity index is 4.94. The number of hydrogen-bond donors (Lipinski definition) is 0. The van der Waals surface area contributed by atoms with Crippen LogP contribution in [-0.2, 0) is 0 Å². The number of rotatable bonds is 4. The fourth-order valence-electron chi connectivity index (χ4n) is 0.810. The number of nitrogens with zero attached hydrogens (tertiary/aromatic N) is 1. The molecule has 0 aliphatic carbocycles. The van der Waals surface area contributed by atoms with Gasteiger partial charge in [-0.2, -0.15) is 13.2 Å². The highest BCUT2D eigenvalue weighted by molar-refractivity contribution is 5.24. The number of hydrogen-bond acceptors (Lipinski definition) is 2. The molecule has 0 N–H and O–H groups in total. The van der Waals surface area contributed by atoms with Crippen LogP contribution >= 0.6 is 0 Å². The van der Waals surface area contributed by atoms with Gasteiger partial charge >= 0.3 is 6.18 Å². The molecule has 1 atom stereocenters. The molecule has 0 heterocycles. The summed E-state index contributed by atoms with van der Waals surface area (Å²) in [6.45, 7) is 2.78. The maximum absolute atomic E-state index is 12.3. The van der Waals surface area contributed by atoms with Crippen molar-refractivity contribution in [3.63, 3.8) is 0 Å². The van der Waals surface area contributed by atoms with E-state index in [0.29, 0.717) is 12.5 Å². The van der Waals surface area contributed by atoms with Gasteiger partial charge in [0.05, 0.1) is 5.57 Å². The third-order valence-electron chi connectivity index (χ3n) is 1.61. The van der Waals surface area contributed by atoms with Crippen LogP contribution in [0.25, 0.3) is 0 Å². The van der Waals surface area contributed by atoms with Crippen molar-refractivity contribution in [1.82, 2.24) is 0 Å². The maximum Gasteiger partial charge on any atom is 0.416 e. The fraction of sp³-hybridized carbons (Fsp3) is 0.556. The topological polar surface area (TPSA) is 43.1 Å². The van der Waals surface area contributed by atoms with Gasteiger partial charge in [0.25, 0.3) is 0 Å². The molecule has 1 unspecified atom stereocenters. The minimum absolute atomic E-state index is 0.445. The van der Waals surface area contributed by atoms with Crippen molar-refractivity contribution in [2.75, 3.05) is 0 Å². The Morgan fingerprint density at radius 3 is 2.40 bits per heavy atom. The predicted octanol–water partition coefficient (Wildman–Crippen LogP) is 3.11. The lowest BCUT2D eigenvalue weighted by molar-refractivity contribution is -0.505. The van der Waals surface area contributed by atoms with Crippen LogP contribution in [0.5, 0.6) is 0 Å². The Kier molecular flexibility index (Phi) is 5.04. The first-order valence-electron chi connectivity index (χ1n) is 4.38. The van der Waals surface area contributed by atoms with E-state index in [1.165, 1.54) is 6.08 Å². The van der Waals surface area contributed by atoms with E-state index in [4.69, 9.17) is 0 Å². The molecule has 15 heavy (non-hydrogen) atoms. The predicted molar refractivity (Wildman–Crippen MR) is 50.0 cm³/mol. The molecule has 0 fully saturated rings. The largest absolute Gasteiger partial charge is 0.416 e. The van der Waals surface area contributed by atoms with Crippen molar-refractivity contribution in [1.29, 1.82) is 0 Å². The van der Waals surface area contributed by atoms with E-state index in [0.717, 1.165) is 13.0 Å². The summed E-state index contributed by atoms with van der Waals surface area (Å²) in [7, 11) is 0. The quantitative estimate of drug-likeness (QED) is 0.417. The summed E-state index contributed by atoms with van der Waals surface area (Å²) in [5.74, 6) is 0. The van der Waals surface area contributed by atoms with Gasteiger partial charge in [0, 0.05) is 17.9 Å². The zero-order chi connectivity index (χ0) is 12.1. The molecular formula is C9H12F3NO2. The molecule has 0 radical (unpaired) electrons. The SMILES string of the molecule is CC/C=C\C(=C/C(C)[N+](=O)[O-])C(F)(F)F.